The number of aromatic nitrogens is 1. The lowest BCUT2D eigenvalue weighted by Crippen LogP contribution is -2.22. The van der Waals surface area contributed by atoms with Crippen LogP contribution in [0.2, 0.25) is 0 Å². The lowest BCUT2D eigenvalue weighted by atomic mass is 10.1. The number of hydrogen-bond donors (Lipinski definition) is 1. The van der Waals surface area contributed by atoms with Gasteiger partial charge < -0.3 is 14.4 Å². The van der Waals surface area contributed by atoms with Crippen molar-refractivity contribution in [3.05, 3.63) is 38.7 Å². The molecular weight excluding hydrogens is 276 g/mol. The van der Waals surface area contributed by atoms with E-state index in [0.29, 0.717) is 17.4 Å². The summed E-state index contributed by atoms with van der Waals surface area (Å²) in [5, 5.41) is 21.4. The number of benzene rings is 1. The van der Waals surface area contributed by atoms with E-state index in [-0.39, 0.29) is 17.2 Å². The summed E-state index contributed by atoms with van der Waals surface area (Å²) in [7, 11) is 1.30. The van der Waals surface area contributed by atoms with E-state index in [4.69, 9.17) is 4.74 Å². The predicted octanol–water partition coefficient (Wildman–Crippen LogP) is 2.42. The highest BCUT2D eigenvalue weighted by atomic mass is 16.6. The van der Waals surface area contributed by atoms with Crippen LogP contribution in [0.15, 0.2) is 23.0 Å². The number of methoxy groups -OCH3 is 1. The molecule has 0 spiro atoms. The highest BCUT2D eigenvalue weighted by molar-refractivity contribution is 5.89. The number of nitrogens with zero attached hydrogens (tertiary/aromatic N) is 2. The number of fused-ring (bicyclic) bond motifs is 1. The Morgan fingerprint density at radius 1 is 1.43 bits per heavy atom. The van der Waals surface area contributed by atoms with Crippen LogP contribution >= 0.6 is 0 Å². The maximum Gasteiger partial charge on any atom is 0.297 e. The lowest BCUT2D eigenvalue weighted by Gasteiger charge is -2.13. The van der Waals surface area contributed by atoms with E-state index in [2.05, 4.69) is 0 Å². The maximum atomic E-state index is 12.3. The van der Waals surface area contributed by atoms with Crippen molar-refractivity contribution in [2.24, 2.45) is 0 Å². The highest BCUT2D eigenvalue weighted by Gasteiger charge is 2.19. The number of unbranched alkanes of at least 4 members (excludes halogenated alkanes) is 1. The Balaban J connectivity index is 2.83. The van der Waals surface area contributed by atoms with Crippen LogP contribution in [0.5, 0.6) is 11.5 Å². The van der Waals surface area contributed by atoms with Crippen molar-refractivity contribution in [1.82, 2.24) is 4.57 Å². The summed E-state index contributed by atoms with van der Waals surface area (Å²) in [6, 6.07) is 4.01. The van der Waals surface area contributed by atoms with E-state index in [9.17, 15) is 20.0 Å². The summed E-state index contributed by atoms with van der Waals surface area (Å²) in [5.41, 5.74) is -0.283. The van der Waals surface area contributed by atoms with Gasteiger partial charge in [0.25, 0.3) is 11.2 Å². The molecule has 1 aromatic carbocycles. The molecule has 0 aliphatic heterocycles. The highest BCUT2D eigenvalue weighted by Crippen LogP contribution is 2.33. The first-order chi connectivity index (χ1) is 10.0. The van der Waals surface area contributed by atoms with Crippen molar-refractivity contribution in [1.29, 1.82) is 0 Å². The second-order valence-electron chi connectivity index (χ2n) is 4.65. The van der Waals surface area contributed by atoms with Crippen molar-refractivity contribution >= 4 is 16.6 Å². The molecule has 2 rings (SSSR count). The quantitative estimate of drug-likeness (QED) is 0.674. The number of pyridine rings is 1. The van der Waals surface area contributed by atoms with Gasteiger partial charge in [0.1, 0.15) is 0 Å². The van der Waals surface area contributed by atoms with Gasteiger partial charge in [0.15, 0.2) is 5.75 Å². The van der Waals surface area contributed by atoms with Gasteiger partial charge in [-0.05, 0) is 12.5 Å². The Bertz CT molecular complexity index is 751. The Morgan fingerprint density at radius 3 is 2.71 bits per heavy atom. The van der Waals surface area contributed by atoms with E-state index >= 15 is 0 Å². The number of ether oxygens (including phenoxy) is 1. The molecule has 0 radical (unpaired) electrons. The van der Waals surface area contributed by atoms with Crippen LogP contribution < -0.4 is 10.3 Å². The molecular formula is C14H16N2O5. The zero-order valence-corrected chi connectivity index (χ0v) is 11.8. The molecule has 2 aromatic rings. The number of aromatic hydroxyl groups is 1. The van der Waals surface area contributed by atoms with Gasteiger partial charge in [-0.1, -0.05) is 13.3 Å². The number of aryl methyl sites for hydroxylation is 1. The molecule has 1 N–H and O–H groups in total. The number of hydrogen-bond acceptors (Lipinski definition) is 5. The molecule has 1 aromatic heterocycles. The van der Waals surface area contributed by atoms with Crippen molar-refractivity contribution in [3.8, 4) is 11.5 Å². The Morgan fingerprint density at radius 2 is 2.14 bits per heavy atom. The smallest absolute Gasteiger partial charge is 0.297 e. The molecule has 112 valence electrons. The van der Waals surface area contributed by atoms with Gasteiger partial charge in [0, 0.05) is 24.1 Å². The van der Waals surface area contributed by atoms with Gasteiger partial charge in [0.2, 0.25) is 5.75 Å². The van der Waals surface area contributed by atoms with Crippen LogP contribution in [-0.2, 0) is 6.54 Å². The fraction of sp³-hybridized carbons (Fsp3) is 0.357. The van der Waals surface area contributed by atoms with Crippen LogP contribution in [0.25, 0.3) is 10.9 Å². The molecule has 1 heterocycles. The molecule has 0 saturated carbocycles. The predicted molar refractivity (Wildman–Crippen MR) is 78.0 cm³/mol. The Kier molecular flexibility index (Phi) is 4.11. The molecule has 0 atom stereocenters. The fourth-order valence-corrected chi connectivity index (χ4v) is 2.23. The molecule has 21 heavy (non-hydrogen) atoms. The van der Waals surface area contributed by atoms with Crippen LogP contribution in [0.1, 0.15) is 19.8 Å². The molecule has 0 aliphatic carbocycles. The second-order valence-corrected chi connectivity index (χ2v) is 4.65. The monoisotopic (exact) mass is 292 g/mol. The first-order valence-corrected chi connectivity index (χ1v) is 6.59. The van der Waals surface area contributed by atoms with Gasteiger partial charge in [0.05, 0.1) is 17.5 Å². The third-order valence-electron chi connectivity index (χ3n) is 3.33. The second kappa shape index (κ2) is 5.82. The van der Waals surface area contributed by atoms with Crippen LogP contribution in [0.4, 0.5) is 5.69 Å². The van der Waals surface area contributed by atoms with Gasteiger partial charge in [-0.25, -0.2) is 0 Å². The topological polar surface area (TPSA) is 94.6 Å². The van der Waals surface area contributed by atoms with Crippen LogP contribution in [0, 0.1) is 10.1 Å². The number of non-ortho nitro benzene ring substituents is 1. The molecule has 7 nitrogen and oxygen atoms in total. The van der Waals surface area contributed by atoms with Crippen molar-refractivity contribution in [2.75, 3.05) is 7.11 Å². The molecule has 0 bridgehead atoms. The minimum Gasteiger partial charge on any atom is -0.504 e. The summed E-state index contributed by atoms with van der Waals surface area (Å²) in [5.74, 6) is -0.437. The first-order valence-electron chi connectivity index (χ1n) is 6.59. The standard InChI is InChI=1S/C14H16N2O5/c1-3-4-7-15-11-8-9(16(19)20)5-6-10(11)12(17)13(21-2)14(15)18/h5-6,8,17H,3-4,7H2,1-2H3. The summed E-state index contributed by atoms with van der Waals surface area (Å²) in [6.07, 6.45) is 1.61. The zero-order valence-electron chi connectivity index (χ0n) is 11.8. The van der Waals surface area contributed by atoms with Crippen molar-refractivity contribution < 1.29 is 14.8 Å². The van der Waals surface area contributed by atoms with Gasteiger partial charge in [-0.2, -0.15) is 0 Å². The fourth-order valence-electron chi connectivity index (χ4n) is 2.23. The average Bonchev–Trinajstić information content (AvgIpc) is 2.47. The largest absolute Gasteiger partial charge is 0.504 e. The summed E-state index contributed by atoms with van der Waals surface area (Å²) < 4.78 is 6.37. The maximum absolute atomic E-state index is 12.3. The number of nitro groups is 1. The van der Waals surface area contributed by atoms with E-state index in [1.54, 1.807) is 0 Å². The van der Waals surface area contributed by atoms with E-state index in [1.165, 1.54) is 29.9 Å². The van der Waals surface area contributed by atoms with Crippen LogP contribution in [-0.4, -0.2) is 21.7 Å². The SMILES string of the molecule is CCCCn1c(=O)c(OC)c(O)c2ccc([N+](=O)[O-])cc21. The van der Waals surface area contributed by atoms with Gasteiger partial charge in [-0.3, -0.25) is 14.9 Å². The Hall–Kier alpha value is -2.57. The average molecular weight is 292 g/mol. The molecule has 0 unspecified atom stereocenters. The molecule has 7 heteroatoms. The van der Waals surface area contributed by atoms with Crippen molar-refractivity contribution in [2.45, 2.75) is 26.3 Å². The third-order valence-corrected chi connectivity index (χ3v) is 3.33. The summed E-state index contributed by atoms with van der Waals surface area (Å²) in [6.45, 7) is 2.39. The minimum atomic E-state index is -0.532. The number of nitro benzene ring substituents is 1. The first kappa shape index (κ1) is 14.8. The molecule has 0 amide bonds. The lowest BCUT2D eigenvalue weighted by molar-refractivity contribution is -0.384. The normalized spacial score (nSPS) is 10.8. The minimum absolute atomic E-state index is 0.128. The molecule has 0 aliphatic rings. The van der Waals surface area contributed by atoms with E-state index < -0.39 is 10.5 Å². The van der Waals surface area contributed by atoms with Crippen molar-refractivity contribution in [3.63, 3.8) is 0 Å². The third kappa shape index (κ3) is 2.54. The summed E-state index contributed by atoms with van der Waals surface area (Å²) >= 11 is 0. The zero-order chi connectivity index (χ0) is 15.6. The van der Waals surface area contributed by atoms with E-state index in [1.807, 2.05) is 6.92 Å². The van der Waals surface area contributed by atoms with E-state index in [0.717, 1.165) is 12.8 Å². The molecule has 0 fully saturated rings. The van der Waals surface area contributed by atoms with Crippen LogP contribution in [0.3, 0.4) is 0 Å². The van der Waals surface area contributed by atoms with Gasteiger partial charge in [-0.15, -0.1) is 0 Å². The Labute approximate surface area is 120 Å². The number of rotatable bonds is 5. The molecule has 0 saturated heterocycles. The van der Waals surface area contributed by atoms with Gasteiger partial charge >= 0.3 is 0 Å². The summed E-state index contributed by atoms with van der Waals surface area (Å²) in [4.78, 5) is 22.7.